The molecule has 0 aliphatic heterocycles. The van der Waals surface area contributed by atoms with Gasteiger partial charge in [-0.05, 0) is 29.7 Å². The number of benzene rings is 2. The van der Waals surface area contributed by atoms with Crippen molar-refractivity contribution in [3.63, 3.8) is 0 Å². The molecule has 0 bridgehead atoms. The summed E-state index contributed by atoms with van der Waals surface area (Å²) in [6.07, 6.45) is 2.11. The molecule has 4 rings (SSSR count). The number of halogens is 1. The van der Waals surface area contributed by atoms with Crippen LogP contribution in [0.4, 0.5) is 0 Å². The van der Waals surface area contributed by atoms with Gasteiger partial charge in [0.2, 0.25) is 0 Å². The maximum atomic E-state index is 5.06. The molecule has 0 radical (unpaired) electrons. The summed E-state index contributed by atoms with van der Waals surface area (Å²) in [6.45, 7) is 4.43. The van der Waals surface area contributed by atoms with Gasteiger partial charge in [-0.2, -0.15) is 0 Å². The Kier molecular flexibility index (Phi) is 4.18. The largest absolute Gasteiger partial charge is 0.299 e. The van der Waals surface area contributed by atoms with E-state index in [1.54, 1.807) is 0 Å². The topological polar surface area (TPSA) is 17.3 Å². The second-order valence-corrected chi connectivity index (χ2v) is 7.41. The quantitative estimate of drug-likeness (QED) is 0.387. The maximum absolute atomic E-state index is 5.06. The molecule has 25 heavy (non-hydrogen) atoms. The van der Waals surface area contributed by atoms with Crippen molar-refractivity contribution in [2.24, 2.45) is 0 Å². The number of hydrogen-bond donors (Lipinski definition) is 0. The summed E-state index contributed by atoms with van der Waals surface area (Å²) in [5, 5.41) is 0. The first-order valence-corrected chi connectivity index (χ1v) is 9.27. The molecule has 0 saturated heterocycles. The number of hydrogen-bond acceptors (Lipinski definition) is 1. The van der Waals surface area contributed by atoms with Crippen molar-refractivity contribution >= 4 is 21.6 Å². The van der Waals surface area contributed by atoms with E-state index in [1.165, 1.54) is 11.1 Å². The van der Waals surface area contributed by atoms with E-state index in [0.29, 0.717) is 5.92 Å². The number of aromatic nitrogens is 2. The second-order valence-electron chi connectivity index (χ2n) is 6.50. The van der Waals surface area contributed by atoms with Gasteiger partial charge in [0.1, 0.15) is 5.65 Å². The Bertz CT molecular complexity index is 1030. The Balaban J connectivity index is 2.09. The van der Waals surface area contributed by atoms with Crippen LogP contribution < -0.4 is 0 Å². The molecule has 0 atom stereocenters. The van der Waals surface area contributed by atoms with Crippen LogP contribution in [0.1, 0.15) is 25.3 Å². The third-order valence-corrected chi connectivity index (χ3v) is 4.94. The minimum absolute atomic E-state index is 0.421. The van der Waals surface area contributed by atoms with Crippen LogP contribution in [0, 0.1) is 0 Å². The minimum Gasteiger partial charge on any atom is -0.299 e. The van der Waals surface area contributed by atoms with Gasteiger partial charge in [0.05, 0.1) is 11.4 Å². The Morgan fingerprint density at radius 2 is 1.64 bits per heavy atom. The molecule has 0 saturated carbocycles. The zero-order chi connectivity index (χ0) is 17.4. The number of rotatable bonds is 3. The van der Waals surface area contributed by atoms with E-state index in [-0.39, 0.29) is 0 Å². The van der Waals surface area contributed by atoms with E-state index in [4.69, 9.17) is 4.98 Å². The number of nitrogens with zero attached hydrogens (tertiary/aromatic N) is 2. The zero-order valence-corrected chi connectivity index (χ0v) is 15.9. The highest BCUT2D eigenvalue weighted by Gasteiger charge is 2.18. The summed E-state index contributed by atoms with van der Waals surface area (Å²) in [5.41, 5.74) is 6.74. The first-order chi connectivity index (χ1) is 12.1. The first kappa shape index (κ1) is 16.1. The second kappa shape index (κ2) is 6.49. The van der Waals surface area contributed by atoms with Gasteiger partial charge in [-0.25, -0.2) is 4.98 Å². The van der Waals surface area contributed by atoms with Gasteiger partial charge in [0, 0.05) is 21.8 Å². The number of imidazole rings is 1. The molecule has 4 aromatic rings. The Morgan fingerprint density at radius 3 is 2.36 bits per heavy atom. The van der Waals surface area contributed by atoms with Crippen LogP contribution in [0.25, 0.3) is 28.2 Å². The third-order valence-electron chi connectivity index (χ3n) is 4.45. The van der Waals surface area contributed by atoms with Crippen LogP contribution in [0.5, 0.6) is 0 Å². The van der Waals surface area contributed by atoms with Crippen molar-refractivity contribution in [1.29, 1.82) is 0 Å². The highest BCUT2D eigenvalue weighted by molar-refractivity contribution is 9.10. The molecule has 124 valence electrons. The van der Waals surface area contributed by atoms with Gasteiger partial charge in [-0.1, -0.05) is 78.3 Å². The Labute approximate surface area is 156 Å². The van der Waals surface area contributed by atoms with Crippen molar-refractivity contribution in [3.8, 4) is 22.5 Å². The Morgan fingerprint density at radius 1 is 0.880 bits per heavy atom. The fraction of sp³-hybridized carbons (Fsp3) is 0.136. The lowest BCUT2D eigenvalue weighted by atomic mass is 10.0. The SMILES string of the molecule is CC(C)c1cccn2c(-c3ccccc3)c(-c3cccc(Br)c3)nc12. The van der Waals surface area contributed by atoms with Gasteiger partial charge in [0.15, 0.2) is 0 Å². The molecule has 0 amide bonds. The molecule has 3 heteroatoms. The molecule has 0 spiro atoms. The fourth-order valence-electron chi connectivity index (χ4n) is 3.25. The van der Waals surface area contributed by atoms with Crippen LogP contribution in [0.15, 0.2) is 77.4 Å². The lowest BCUT2D eigenvalue weighted by Gasteiger charge is -2.09. The lowest BCUT2D eigenvalue weighted by molar-refractivity contribution is 0.863. The van der Waals surface area contributed by atoms with Crippen molar-refractivity contribution < 1.29 is 0 Å². The molecule has 2 aromatic carbocycles. The van der Waals surface area contributed by atoms with Gasteiger partial charge in [-0.15, -0.1) is 0 Å². The summed E-state index contributed by atoms with van der Waals surface area (Å²) < 4.78 is 3.28. The molecule has 0 N–H and O–H groups in total. The van der Waals surface area contributed by atoms with Crippen molar-refractivity contribution in [3.05, 3.63) is 83.0 Å². The number of pyridine rings is 1. The molecule has 2 aromatic heterocycles. The van der Waals surface area contributed by atoms with Gasteiger partial charge in [0.25, 0.3) is 0 Å². The fourth-order valence-corrected chi connectivity index (χ4v) is 3.65. The first-order valence-electron chi connectivity index (χ1n) is 8.47. The summed E-state index contributed by atoms with van der Waals surface area (Å²) in [6, 6.07) is 23.1. The van der Waals surface area contributed by atoms with Crippen LogP contribution in [0.2, 0.25) is 0 Å². The van der Waals surface area contributed by atoms with Gasteiger partial charge < -0.3 is 0 Å². The highest BCUT2D eigenvalue weighted by Crippen LogP contribution is 2.35. The normalized spacial score (nSPS) is 11.4. The summed E-state index contributed by atoms with van der Waals surface area (Å²) in [5.74, 6) is 0.421. The average molecular weight is 391 g/mol. The third kappa shape index (κ3) is 2.89. The zero-order valence-electron chi connectivity index (χ0n) is 14.3. The smallest absolute Gasteiger partial charge is 0.141 e. The van der Waals surface area contributed by atoms with E-state index in [2.05, 4.69) is 95.0 Å². The van der Waals surface area contributed by atoms with E-state index >= 15 is 0 Å². The number of fused-ring (bicyclic) bond motifs is 1. The van der Waals surface area contributed by atoms with E-state index in [1.807, 2.05) is 12.1 Å². The summed E-state index contributed by atoms with van der Waals surface area (Å²) in [4.78, 5) is 5.06. The van der Waals surface area contributed by atoms with Crippen LogP contribution in [-0.4, -0.2) is 9.38 Å². The van der Waals surface area contributed by atoms with E-state index < -0.39 is 0 Å². The van der Waals surface area contributed by atoms with Gasteiger partial charge >= 0.3 is 0 Å². The standard InChI is InChI=1S/C22H19BrN2/c1-15(2)19-12-7-13-25-21(16-8-4-3-5-9-16)20(24-22(19)25)17-10-6-11-18(23)14-17/h3-15H,1-2H3. The van der Waals surface area contributed by atoms with Crippen LogP contribution in [0.3, 0.4) is 0 Å². The summed E-state index contributed by atoms with van der Waals surface area (Å²) in [7, 11) is 0. The van der Waals surface area contributed by atoms with Crippen molar-refractivity contribution in [2.45, 2.75) is 19.8 Å². The predicted octanol–water partition coefficient (Wildman–Crippen LogP) is 6.55. The van der Waals surface area contributed by atoms with Crippen LogP contribution in [-0.2, 0) is 0 Å². The molecule has 0 fully saturated rings. The van der Waals surface area contributed by atoms with Crippen molar-refractivity contribution in [1.82, 2.24) is 9.38 Å². The van der Waals surface area contributed by atoms with E-state index in [9.17, 15) is 0 Å². The minimum atomic E-state index is 0.421. The summed E-state index contributed by atoms with van der Waals surface area (Å²) >= 11 is 3.59. The Hall–Kier alpha value is -2.39. The highest BCUT2D eigenvalue weighted by atomic mass is 79.9. The monoisotopic (exact) mass is 390 g/mol. The average Bonchev–Trinajstić information content (AvgIpc) is 3.01. The molecule has 0 aliphatic rings. The molecule has 0 unspecified atom stereocenters. The van der Waals surface area contributed by atoms with Gasteiger partial charge in [-0.3, -0.25) is 4.40 Å². The molecule has 0 aliphatic carbocycles. The molecular weight excluding hydrogens is 372 g/mol. The maximum Gasteiger partial charge on any atom is 0.141 e. The lowest BCUT2D eigenvalue weighted by Crippen LogP contribution is -1.95. The molecular formula is C22H19BrN2. The van der Waals surface area contributed by atoms with E-state index in [0.717, 1.165) is 27.1 Å². The predicted molar refractivity (Wildman–Crippen MR) is 108 cm³/mol. The molecule has 2 nitrogen and oxygen atoms in total. The van der Waals surface area contributed by atoms with Crippen LogP contribution >= 0.6 is 15.9 Å². The van der Waals surface area contributed by atoms with Crippen molar-refractivity contribution in [2.75, 3.05) is 0 Å². The molecule has 2 heterocycles.